The number of nitrogens with one attached hydrogen (secondary N) is 4. The van der Waals surface area contributed by atoms with Crippen molar-refractivity contribution >= 4 is 65.0 Å². The average Bonchev–Trinajstić information content (AvgIpc) is 0.888. The minimum absolute atomic E-state index is 0.0749. The molecule has 1 rings (SSSR count). The molecule has 0 aliphatic carbocycles. The normalized spacial score (nSPS) is 26.8. The van der Waals surface area contributed by atoms with E-state index in [1.807, 2.05) is 41.5 Å². The highest BCUT2D eigenvalue weighted by Gasteiger charge is 2.47. The number of hydrogen-bond acceptors (Lipinski definition) is 15. The lowest BCUT2D eigenvalue weighted by molar-refractivity contribution is -0.481. The predicted octanol–water partition coefficient (Wildman–Crippen LogP) is 2.42. The van der Waals surface area contributed by atoms with Gasteiger partial charge in [0.1, 0.15) is 66.5 Å². The van der Waals surface area contributed by atoms with Gasteiger partial charge in [0.2, 0.25) is 71.5 Å². The summed E-state index contributed by atoms with van der Waals surface area (Å²) in [4.78, 5) is 181. The number of allylic oxidation sites excluding steroid dienone is 2. The van der Waals surface area contributed by atoms with Crippen LogP contribution in [0.2, 0.25) is 0 Å². The molecule has 91 heavy (non-hydrogen) atoms. The Bertz CT molecular complexity index is 2550. The minimum atomic E-state index is -1.74. The molecule has 0 aromatic carbocycles. The van der Waals surface area contributed by atoms with Crippen LogP contribution in [0.25, 0.3) is 0 Å². The van der Waals surface area contributed by atoms with Crippen LogP contribution in [-0.4, -0.2) is 248 Å². The molecule has 0 bridgehead atoms. The first kappa shape index (κ1) is 82.2. The number of rotatable bonds is 18. The maximum atomic E-state index is 15.2. The molecule has 1 aliphatic heterocycles. The molecule has 11 amide bonds. The summed E-state index contributed by atoms with van der Waals surface area (Å²) in [6.45, 7) is 27.3. The number of nitrogens with zero attached hydrogens (tertiary/aromatic N) is 8. The van der Waals surface area contributed by atoms with E-state index in [0.29, 0.717) is 0 Å². The topological polar surface area (TPSA) is 342 Å². The molecule has 0 spiro atoms. The Morgan fingerprint density at radius 3 is 1.38 bits per heavy atom. The highest BCUT2D eigenvalue weighted by molar-refractivity contribution is 6.00. The lowest BCUT2D eigenvalue weighted by atomic mass is 9.91. The highest BCUT2D eigenvalue weighted by atomic mass is 16.6. The molecule has 1 aliphatic rings. The zero-order valence-corrected chi connectivity index (χ0v) is 59.0. The Hall–Kier alpha value is -6.77. The molecule has 0 aromatic heterocycles. The van der Waals surface area contributed by atoms with Gasteiger partial charge in [0.05, 0.1) is 11.7 Å². The van der Waals surface area contributed by atoms with Crippen LogP contribution in [0.1, 0.15) is 163 Å². The van der Waals surface area contributed by atoms with E-state index in [1.54, 1.807) is 53.7 Å². The third kappa shape index (κ3) is 23.4. The van der Waals surface area contributed by atoms with Gasteiger partial charge in [-0.25, -0.2) is 0 Å². The second-order valence-corrected chi connectivity index (χ2v) is 27.5. The van der Waals surface area contributed by atoms with Gasteiger partial charge in [-0.3, -0.25) is 62.9 Å². The molecule has 0 radical (unpaired) electrons. The van der Waals surface area contributed by atoms with E-state index < -0.39 is 185 Å². The summed E-state index contributed by atoms with van der Waals surface area (Å²) in [5.74, 6) is -11.6. The van der Waals surface area contributed by atoms with Gasteiger partial charge in [-0.2, -0.15) is 0 Å². The maximum absolute atomic E-state index is 15.2. The van der Waals surface area contributed by atoms with Crippen LogP contribution in [0.3, 0.4) is 0 Å². The number of carbonyl (C=O) groups is 11. The molecule has 0 saturated carbocycles. The Morgan fingerprint density at radius 2 is 0.934 bits per heavy atom. The van der Waals surface area contributed by atoms with Crippen molar-refractivity contribution in [2.45, 2.75) is 241 Å². The average molecular weight is 1290 g/mol. The van der Waals surface area contributed by atoms with Crippen LogP contribution in [-0.2, 0) is 52.7 Å². The quantitative estimate of drug-likeness (QED) is 0.0652. The third-order valence-corrected chi connectivity index (χ3v) is 17.0. The van der Waals surface area contributed by atoms with Crippen molar-refractivity contribution in [3.63, 3.8) is 0 Å². The van der Waals surface area contributed by atoms with Crippen LogP contribution >= 0.6 is 0 Å². The smallest absolute Gasteiger partial charge is 0.246 e. The second-order valence-electron chi connectivity index (χ2n) is 27.5. The van der Waals surface area contributed by atoms with Gasteiger partial charge < -0.3 is 65.8 Å². The van der Waals surface area contributed by atoms with Crippen molar-refractivity contribution in [3.8, 4) is 0 Å². The Labute approximate surface area is 541 Å². The van der Waals surface area contributed by atoms with Gasteiger partial charge in [-0.1, -0.05) is 95.2 Å². The number of amides is 11. The Balaban J connectivity index is 4.54. The minimum Gasteiger partial charge on any atom is -0.390 e. The van der Waals surface area contributed by atoms with Gasteiger partial charge in [0.15, 0.2) is 0 Å². The number of aliphatic hydroxyl groups excluding tert-OH is 1. The van der Waals surface area contributed by atoms with Crippen LogP contribution < -0.4 is 21.3 Å². The molecule has 0 unspecified atom stereocenters. The number of hydrogen-bond donors (Lipinski definition) is 6. The van der Waals surface area contributed by atoms with E-state index in [-0.39, 0.29) is 49.9 Å². The van der Waals surface area contributed by atoms with Crippen LogP contribution in [0.15, 0.2) is 12.2 Å². The number of likely N-dealkylation sites (N-methyl/N-ethyl adjacent to an activating group) is 7. The van der Waals surface area contributed by atoms with Gasteiger partial charge in [-0.05, 0) is 102 Å². The molecule has 520 valence electrons. The first-order chi connectivity index (χ1) is 41.8. The van der Waals surface area contributed by atoms with Gasteiger partial charge in [0, 0.05) is 67.1 Å². The van der Waals surface area contributed by atoms with E-state index in [0.717, 1.165) is 19.6 Å². The van der Waals surface area contributed by atoms with Crippen molar-refractivity contribution in [2.24, 2.45) is 35.5 Å². The number of aliphatic hydroxyl groups is 2. The van der Waals surface area contributed by atoms with Crippen molar-refractivity contribution in [2.75, 3.05) is 55.9 Å². The summed E-state index contributed by atoms with van der Waals surface area (Å²) < 4.78 is 0. The van der Waals surface area contributed by atoms with E-state index in [1.165, 1.54) is 98.7 Å². The molecule has 1 heterocycles. The third-order valence-electron chi connectivity index (χ3n) is 17.0. The number of carbonyl (C=O) groups excluding carboxylic acids is 11. The second kappa shape index (κ2) is 36.5. The summed E-state index contributed by atoms with van der Waals surface area (Å²) in [7, 11) is 9.26. The molecule has 0 aromatic rings. The van der Waals surface area contributed by atoms with E-state index in [9.17, 15) is 53.9 Å². The monoisotopic (exact) mass is 1290 g/mol. The van der Waals surface area contributed by atoms with Crippen molar-refractivity contribution < 1.29 is 67.9 Å². The summed E-state index contributed by atoms with van der Waals surface area (Å²) in [5.41, 5.74) is -1.68. The van der Waals surface area contributed by atoms with Crippen LogP contribution in [0.5, 0.6) is 0 Å². The molecule has 1 fully saturated rings. The summed E-state index contributed by atoms with van der Waals surface area (Å²) >= 11 is 0. The molecule has 13 atom stereocenters. The molecule has 1 saturated heterocycles. The maximum Gasteiger partial charge on any atom is 0.246 e. The SMILES string of the molecule is C/C=C/C[C@@H](C)[C@@H](O)[C@H]1C(=O)N[C@@H](CC)C(=O)N(C)[C@H](CC[N+](=O)[O-])C(=O)N(C)[C@@H](CC(C)(C)O)C(=O)N[C@@H](C(C)C)C(=O)N(C)[C@@H](CC(C)C)C(=O)N[C@@H](C)C(=O)N[C@H](C)C(=O)N(C)[C@@H](CC(C)C)C(=O)N(C)[C@@H](CC(C)C)C(=O)N(C)[C@@H](C(C)C)C(=O)N1C. The number of nitro groups is 1. The van der Waals surface area contributed by atoms with Crippen molar-refractivity contribution in [1.82, 2.24) is 55.6 Å². The lowest BCUT2D eigenvalue weighted by Crippen LogP contribution is -2.64. The summed E-state index contributed by atoms with van der Waals surface area (Å²) in [5, 5.41) is 46.1. The Morgan fingerprint density at radius 1 is 0.516 bits per heavy atom. The fourth-order valence-corrected chi connectivity index (χ4v) is 11.3. The first-order valence-electron chi connectivity index (χ1n) is 32.0. The molecule has 6 N–H and O–H groups in total. The standard InChI is InChI=1S/C64H114N12O15/c1-25-27-28-40(13)52(77)51-56(81)67-43(26-2)58(83)69(18)44(29-30-76(90)91)59(84)73(22)48(34-64(16,17)89)55(80)68-49(38(9)10)62(87)70(19)45(31-35(3)4)54(79)65-41(14)53(78)66-42(15)57(82)71(20)46(32-36(5)6)60(85)72(21)47(33-37(7)8)61(86)74(23)50(39(11)12)63(88)75(51)24/h25,27,35-52,77,89H,26,28-34H2,1-24H3,(H,65,79)(H,66,78)(H,67,81)(H,68,80)/b27-25+/t40-,41+,42-,43+,44-,45+,46+,47+,48+,49+,50+,51+,52-/m1/s1. The first-order valence-corrected chi connectivity index (χ1v) is 32.0. The lowest BCUT2D eigenvalue weighted by Gasteiger charge is -2.41. The van der Waals surface area contributed by atoms with E-state index >= 15 is 19.2 Å². The van der Waals surface area contributed by atoms with Gasteiger partial charge >= 0.3 is 0 Å². The van der Waals surface area contributed by atoms with E-state index in [2.05, 4.69) is 21.3 Å². The van der Waals surface area contributed by atoms with E-state index in [4.69, 9.17) is 0 Å². The van der Waals surface area contributed by atoms with Crippen LogP contribution in [0.4, 0.5) is 0 Å². The summed E-state index contributed by atoms with van der Waals surface area (Å²) in [6, 6.07) is -15.5. The van der Waals surface area contributed by atoms with Gasteiger partial charge in [-0.15, -0.1) is 0 Å². The molecule has 27 nitrogen and oxygen atoms in total. The van der Waals surface area contributed by atoms with Crippen molar-refractivity contribution in [3.05, 3.63) is 22.3 Å². The zero-order valence-electron chi connectivity index (χ0n) is 59.0. The van der Waals surface area contributed by atoms with Crippen LogP contribution in [0, 0.1) is 45.6 Å². The summed E-state index contributed by atoms with van der Waals surface area (Å²) in [6.07, 6.45) is 1.21. The molecule has 27 heteroatoms. The molecular weight excluding hydrogens is 1180 g/mol. The fraction of sp³-hybridized carbons (Fsp3) is 0.797. The zero-order chi connectivity index (χ0) is 70.8. The molecular formula is C64H114N12O15. The van der Waals surface area contributed by atoms with Gasteiger partial charge in [0.25, 0.3) is 0 Å². The largest absolute Gasteiger partial charge is 0.390 e. The fourth-order valence-electron chi connectivity index (χ4n) is 11.3. The Kier molecular flexibility index (Phi) is 33.0. The predicted molar refractivity (Wildman–Crippen MR) is 345 cm³/mol. The van der Waals surface area contributed by atoms with Crippen molar-refractivity contribution in [1.29, 1.82) is 0 Å². The highest BCUT2D eigenvalue weighted by Crippen LogP contribution is 2.26.